The second-order valence-corrected chi connectivity index (χ2v) is 5.91. The van der Waals surface area contributed by atoms with Crippen molar-refractivity contribution in [1.29, 1.82) is 16.2 Å². The molecule has 0 saturated heterocycles. The van der Waals surface area contributed by atoms with Gasteiger partial charge in [-0.25, -0.2) is 0 Å². The summed E-state index contributed by atoms with van der Waals surface area (Å²) in [7, 11) is -2.92. The van der Waals surface area contributed by atoms with Gasteiger partial charge < -0.3 is 15.1 Å². The van der Waals surface area contributed by atoms with Gasteiger partial charge in [-0.1, -0.05) is 0 Å². The lowest BCUT2D eigenvalue weighted by Crippen LogP contribution is -2.56. The molecule has 0 aliphatic rings. The van der Waals surface area contributed by atoms with E-state index in [1.807, 2.05) is 0 Å². The van der Waals surface area contributed by atoms with Gasteiger partial charge in [0.15, 0.2) is 14.9 Å². The minimum atomic E-state index is -2.92. The average Bonchev–Trinajstić information content (AvgIpc) is 2.89. The third kappa shape index (κ3) is 13.4. The highest BCUT2D eigenvalue weighted by molar-refractivity contribution is 6.24. The molecule has 3 rings (SSSR count). The Kier molecular flexibility index (Phi) is 14.0. The maximum Gasteiger partial charge on any atom is 0.385 e. The van der Waals surface area contributed by atoms with E-state index in [0.717, 1.165) is 0 Å². The summed E-state index contributed by atoms with van der Waals surface area (Å²) in [6.07, 6.45) is 0. The number of benzene rings is 3. The van der Waals surface area contributed by atoms with Crippen LogP contribution in [0.2, 0.25) is 0 Å². The Morgan fingerprint density at radius 3 is 0.757 bits per heavy atom. The third-order valence-corrected chi connectivity index (χ3v) is 3.53. The first-order valence-electron chi connectivity index (χ1n) is 9.21. The summed E-state index contributed by atoms with van der Waals surface area (Å²) in [5, 5.41) is 80.3. The maximum absolute atomic E-state index is 10.1. The first kappa shape index (κ1) is 31.1. The van der Waals surface area contributed by atoms with E-state index < -0.39 is 22.1 Å². The molecule has 0 heterocycles. The Hall–Kier alpha value is -5.94. The Morgan fingerprint density at radius 1 is 0.486 bits per heavy atom. The van der Waals surface area contributed by atoms with Crippen LogP contribution in [0, 0.1) is 46.5 Å². The number of hydrogen-bond donors (Lipinski definition) is 0. The second kappa shape index (κ2) is 16.6. The summed E-state index contributed by atoms with van der Waals surface area (Å²) in [6, 6.07) is 15.8. The quantitative estimate of drug-likeness (QED) is 0.213. The van der Waals surface area contributed by atoms with Crippen molar-refractivity contribution in [2.24, 2.45) is 0 Å². The molecule has 0 amide bonds. The zero-order valence-corrected chi connectivity index (χ0v) is 18.2. The van der Waals surface area contributed by atoms with Crippen LogP contribution in [0.15, 0.2) is 72.8 Å². The van der Waals surface area contributed by atoms with Crippen molar-refractivity contribution >= 4 is 41.4 Å². The number of diazo groups is 3. The molecular formula is C18H12BN9O9. The fraction of sp³-hybridized carbons (Fsp3) is 0. The van der Waals surface area contributed by atoms with Crippen LogP contribution in [0.1, 0.15) is 0 Å². The van der Waals surface area contributed by atoms with Gasteiger partial charge in [0.2, 0.25) is 16.2 Å². The summed E-state index contributed by atoms with van der Waals surface area (Å²) < 4.78 is 0. The van der Waals surface area contributed by atoms with Gasteiger partial charge in [0, 0.05) is 72.8 Å². The highest BCUT2D eigenvalue weighted by atomic mass is 16.6. The molecule has 0 aliphatic heterocycles. The molecule has 0 saturated carbocycles. The van der Waals surface area contributed by atoms with Gasteiger partial charge in [-0.05, 0) is 0 Å². The topological polar surface area (TPSA) is 283 Å². The van der Waals surface area contributed by atoms with Crippen LogP contribution in [-0.2, 0) is 0 Å². The maximum atomic E-state index is 10.1. The van der Waals surface area contributed by atoms with Crippen LogP contribution in [0.4, 0.5) is 34.1 Å². The normalized spacial score (nSPS) is 8.43. The van der Waals surface area contributed by atoms with Crippen LogP contribution in [0.25, 0.3) is 14.9 Å². The van der Waals surface area contributed by atoms with Gasteiger partial charge in [-0.15, -0.1) is 0 Å². The average molecular weight is 509 g/mol. The fourth-order valence-electron chi connectivity index (χ4n) is 1.92. The van der Waals surface area contributed by atoms with E-state index >= 15 is 0 Å². The molecule has 0 radical (unpaired) electrons. The minimum absolute atomic E-state index is 0.0163. The Bertz CT molecular complexity index is 1150. The van der Waals surface area contributed by atoms with Crippen molar-refractivity contribution in [3.8, 4) is 0 Å². The third-order valence-electron chi connectivity index (χ3n) is 3.53. The van der Waals surface area contributed by atoms with Crippen molar-refractivity contribution in [1.82, 2.24) is 0 Å². The van der Waals surface area contributed by atoms with E-state index in [2.05, 4.69) is 14.9 Å². The number of nitro groups is 3. The van der Waals surface area contributed by atoms with E-state index in [9.17, 15) is 30.3 Å². The van der Waals surface area contributed by atoms with Crippen LogP contribution < -0.4 is 15.1 Å². The predicted octanol–water partition coefficient (Wildman–Crippen LogP) is 2.29. The number of non-ortho nitro benzene ring substituents is 3. The molecule has 0 bridgehead atoms. The summed E-state index contributed by atoms with van der Waals surface area (Å²) in [5.41, 5.74) is 0.856. The van der Waals surface area contributed by atoms with E-state index in [-0.39, 0.29) is 17.1 Å². The van der Waals surface area contributed by atoms with E-state index in [1.165, 1.54) is 72.8 Å². The van der Waals surface area contributed by atoms with E-state index in [1.54, 1.807) is 0 Å². The van der Waals surface area contributed by atoms with Gasteiger partial charge in [0.1, 0.15) is 0 Å². The van der Waals surface area contributed by atoms with Crippen LogP contribution in [0.3, 0.4) is 0 Å². The highest BCUT2D eigenvalue weighted by Gasteiger charge is 2.10. The number of nitro benzene ring substituents is 3. The molecule has 3 aromatic rings. The molecule has 18 nitrogen and oxygen atoms in total. The molecule has 0 unspecified atom stereocenters. The van der Waals surface area contributed by atoms with Crippen LogP contribution in [0.5, 0.6) is 0 Å². The predicted molar refractivity (Wildman–Crippen MR) is 119 cm³/mol. The smallest absolute Gasteiger partial charge is 0.385 e. The van der Waals surface area contributed by atoms with Crippen molar-refractivity contribution in [3.05, 3.63) is 118 Å². The van der Waals surface area contributed by atoms with Crippen molar-refractivity contribution < 1.29 is 29.8 Å². The highest BCUT2D eigenvalue weighted by Crippen LogP contribution is 2.18. The number of nitrogens with zero attached hydrogens (tertiary/aromatic N) is 9. The lowest BCUT2D eigenvalue weighted by molar-refractivity contribution is -0.479. The standard InChI is InChI=1S/3C6H4N3O2.BO3/c3*7-8-5-1-3-6(4-2-5)9(10)11;2-1(3)4/h3*1-4H;/q3*+1;-3. The number of hydrogen-bond acceptors (Lipinski definition) is 12. The molecule has 0 N–H and O–H groups in total. The molecule has 186 valence electrons. The Balaban J connectivity index is 0.000000490. The van der Waals surface area contributed by atoms with Gasteiger partial charge in [0.05, 0.1) is 14.8 Å². The van der Waals surface area contributed by atoms with E-state index in [0.29, 0.717) is 17.1 Å². The molecule has 0 fully saturated rings. The number of rotatable bonds is 3. The fourth-order valence-corrected chi connectivity index (χ4v) is 1.92. The first-order chi connectivity index (χ1) is 17.4. The molecule has 37 heavy (non-hydrogen) atoms. The van der Waals surface area contributed by atoms with Gasteiger partial charge in [0.25, 0.3) is 17.1 Å². The van der Waals surface area contributed by atoms with Gasteiger partial charge in [-0.3, -0.25) is 37.7 Å². The van der Waals surface area contributed by atoms with Crippen molar-refractivity contribution in [3.63, 3.8) is 0 Å². The molecular weight excluding hydrogens is 497 g/mol. The monoisotopic (exact) mass is 509 g/mol. The van der Waals surface area contributed by atoms with Crippen LogP contribution >= 0.6 is 0 Å². The lowest BCUT2D eigenvalue weighted by atomic mass is 10.3. The molecule has 0 aromatic heterocycles. The molecule has 0 aliphatic carbocycles. The van der Waals surface area contributed by atoms with E-state index in [4.69, 9.17) is 31.3 Å². The Morgan fingerprint density at radius 2 is 0.649 bits per heavy atom. The van der Waals surface area contributed by atoms with Crippen molar-refractivity contribution in [2.45, 2.75) is 0 Å². The largest absolute Gasteiger partial charge is 0.907 e. The SMILES string of the molecule is N#[N+]c1ccc([N+](=O)[O-])cc1.N#[N+]c1ccc([N+](=O)[O-])cc1.N#[N+]c1ccc([N+](=O)[O-])cc1.[O-]B([O-])[O-]. The minimum Gasteiger partial charge on any atom is -0.907 e. The molecule has 0 spiro atoms. The Labute approximate surface area is 206 Å². The zero-order valence-electron chi connectivity index (χ0n) is 18.2. The van der Waals surface area contributed by atoms with Gasteiger partial charge in [-0.2, -0.15) is 0 Å². The summed E-state index contributed by atoms with van der Waals surface area (Å²) >= 11 is 0. The first-order valence-corrected chi connectivity index (χ1v) is 9.21. The molecule has 19 heteroatoms. The van der Waals surface area contributed by atoms with Gasteiger partial charge >= 0.3 is 17.1 Å². The van der Waals surface area contributed by atoms with Crippen LogP contribution in [-0.4, -0.2) is 22.1 Å². The zero-order chi connectivity index (χ0) is 28.4. The molecule has 0 atom stereocenters. The molecule has 3 aromatic carbocycles. The summed E-state index contributed by atoms with van der Waals surface area (Å²) in [4.78, 5) is 37.3. The summed E-state index contributed by atoms with van der Waals surface area (Å²) in [6.45, 7) is 0. The van der Waals surface area contributed by atoms with Crippen molar-refractivity contribution in [2.75, 3.05) is 0 Å². The second-order valence-electron chi connectivity index (χ2n) is 5.91. The lowest BCUT2D eigenvalue weighted by Gasteiger charge is -2.35. The summed E-state index contributed by atoms with van der Waals surface area (Å²) in [5.74, 6) is 0.